The molecule has 1 N–H and O–H groups in total. The van der Waals surface area contributed by atoms with Crippen LogP contribution in [0.3, 0.4) is 0 Å². The molecule has 0 aliphatic carbocycles. The third-order valence-electron chi connectivity index (χ3n) is 5.89. The van der Waals surface area contributed by atoms with Crippen LogP contribution >= 0.6 is 0 Å². The molecule has 1 aliphatic rings. The maximum absolute atomic E-state index is 13.5. The highest BCUT2D eigenvalue weighted by Crippen LogP contribution is 2.32. The van der Waals surface area contributed by atoms with E-state index >= 15 is 0 Å². The molecule has 0 bridgehead atoms. The van der Waals surface area contributed by atoms with E-state index in [4.69, 9.17) is 14.2 Å². The molecule has 0 radical (unpaired) electrons. The second-order valence-electron chi connectivity index (χ2n) is 8.11. The first-order valence-corrected chi connectivity index (χ1v) is 11.3. The van der Waals surface area contributed by atoms with Crippen molar-refractivity contribution in [2.75, 3.05) is 31.5 Å². The number of amides is 4. The molecule has 0 unspecified atom stereocenters. The van der Waals surface area contributed by atoms with Crippen LogP contribution in [0.25, 0.3) is 0 Å². The fourth-order valence-corrected chi connectivity index (χ4v) is 4.07. The molecule has 0 aromatic heterocycles. The summed E-state index contributed by atoms with van der Waals surface area (Å²) in [6.45, 7) is 0.0981. The van der Waals surface area contributed by atoms with Crippen LogP contribution in [0, 0.1) is 0 Å². The summed E-state index contributed by atoms with van der Waals surface area (Å²) in [5.41, 5.74) is 1.73. The maximum Gasteiger partial charge on any atom is 0.332 e. The summed E-state index contributed by atoms with van der Waals surface area (Å²) in [5, 5.41) is 2.79. The minimum atomic E-state index is -0.989. The van der Waals surface area contributed by atoms with E-state index in [2.05, 4.69) is 5.32 Å². The highest BCUT2D eigenvalue weighted by molar-refractivity contribution is 6.22. The van der Waals surface area contributed by atoms with Crippen molar-refractivity contribution in [1.29, 1.82) is 0 Å². The molecule has 186 valence electrons. The highest BCUT2D eigenvalue weighted by atomic mass is 16.5. The predicted octanol–water partition coefficient (Wildman–Crippen LogP) is 4.08. The summed E-state index contributed by atoms with van der Waals surface area (Å²) in [4.78, 5) is 42.4. The Morgan fingerprint density at radius 2 is 1.56 bits per heavy atom. The molecular weight excluding hydrogens is 462 g/mol. The second kappa shape index (κ2) is 10.8. The van der Waals surface area contributed by atoms with E-state index in [0.29, 0.717) is 28.6 Å². The first kappa shape index (κ1) is 24.6. The van der Waals surface area contributed by atoms with Gasteiger partial charge in [0.1, 0.15) is 11.8 Å². The molecule has 9 heteroatoms. The average Bonchev–Trinajstić information content (AvgIpc) is 3.12. The fraction of sp³-hybridized carbons (Fsp3) is 0.222. The Morgan fingerprint density at radius 1 is 0.861 bits per heavy atom. The van der Waals surface area contributed by atoms with E-state index < -0.39 is 18.0 Å². The topological polar surface area (TPSA) is 97.4 Å². The number of carbonyl (C=O) groups excluding carboxylic acids is 3. The number of methoxy groups -OCH3 is 3. The number of ether oxygens (including phenoxy) is 3. The van der Waals surface area contributed by atoms with Gasteiger partial charge in [-0.25, -0.2) is 9.69 Å². The van der Waals surface area contributed by atoms with Gasteiger partial charge >= 0.3 is 6.03 Å². The van der Waals surface area contributed by atoms with Crippen LogP contribution in [0.5, 0.6) is 17.2 Å². The molecule has 1 heterocycles. The Kier molecular flexibility index (Phi) is 7.39. The molecule has 1 aliphatic heterocycles. The zero-order valence-electron chi connectivity index (χ0n) is 20.3. The van der Waals surface area contributed by atoms with E-state index in [0.717, 1.165) is 10.5 Å². The van der Waals surface area contributed by atoms with Crippen LogP contribution in [0.1, 0.15) is 12.0 Å². The predicted molar refractivity (Wildman–Crippen MR) is 134 cm³/mol. The first-order valence-electron chi connectivity index (χ1n) is 11.3. The van der Waals surface area contributed by atoms with Crippen molar-refractivity contribution >= 4 is 29.2 Å². The van der Waals surface area contributed by atoms with E-state index in [1.54, 1.807) is 66.7 Å². The van der Waals surface area contributed by atoms with Crippen LogP contribution in [0.15, 0.2) is 72.8 Å². The smallest absolute Gasteiger partial charge is 0.332 e. The monoisotopic (exact) mass is 489 g/mol. The Labute approximate surface area is 209 Å². The van der Waals surface area contributed by atoms with Crippen molar-refractivity contribution < 1.29 is 28.6 Å². The van der Waals surface area contributed by atoms with E-state index in [9.17, 15) is 14.4 Å². The number of hydrogen-bond acceptors (Lipinski definition) is 6. The number of rotatable bonds is 9. The minimum Gasteiger partial charge on any atom is -0.497 e. The zero-order chi connectivity index (χ0) is 25.7. The summed E-state index contributed by atoms with van der Waals surface area (Å²) in [7, 11) is 4.59. The number of para-hydroxylation sites is 1. The summed E-state index contributed by atoms with van der Waals surface area (Å²) in [5.74, 6) is 0.788. The van der Waals surface area contributed by atoms with Gasteiger partial charge in [0, 0.05) is 12.2 Å². The number of imide groups is 1. The van der Waals surface area contributed by atoms with Crippen LogP contribution in [-0.2, 0) is 16.1 Å². The molecule has 4 amide bonds. The maximum atomic E-state index is 13.5. The van der Waals surface area contributed by atoms with Crippen LogP contribution in [-0.4, -0.2) is 50.1 Å². The third-order valence-corrected chi connectivity index (χ3v) is 5.89. The molecule has 3 aromatic rings. The van der Waals surface area contributed by atoms with Crippen molar-refractivity contribution in [3.05, 3.63) is 78.4 Å². The summed E-state index contributed by atoms with van der Waals surface area (Å²) < 4.78 is 15.9. The molecule has 1 saturated heterocycles. The van der Waals surface area contributed by atoms with Crippen molar-refractivity contribution in [1.82, 2.24) is 4.90 Å². The zero-order valence-corrected chi connectivity index (χ0v) is 20.3. The quantitative estimate of drug-likeness (QED) is 0.455. The number of benzene rings is 3. The number of hydrogen-bond donors (Lipinski definition) is 1. The van der Waals surface area contributed by atoms with E-state index in [1.807, 2.05) is 6.07 Å². The first-order chi connectivity index (χ1) is 17.4. The van der Waals surface area contributed by atoms with Gasteiger partial charge in [-0.3, -0.25) is 9.59 Å². The van der Waals surface area contributed by atoms with Gasteiger partial charge in [0.2, 0.25) is 5.91 Å². The molecule has 0 saturated carbocycles. The molecule has 3 aromatic carbocycles. The number of carbonyl (C=O) groups is 3. The van der Waals surface area contributed by atoms with E-state index in [1.165, 1.54) is 26.2 Å². The van der Waals surface area contributed by atoms with Gasteiger partial charge in [0.05, 0.1) is 33.4 Å². The van der Waals surface area contributed by atoms with Gasteiger partial charge < -0.3 is 24.4 Å². The third kappa shape index (κ3) is 5.10. The standard InChI is InChI=1S/C27H27N3O6/c1-34-21-12-10-20(11-13-21)30-26(32)22(16-25(31)28-19-7-5-4-6-8-19)29(27(30)33)17-18-9-14-23(35-2)24(15-18)36-3/h4-15,22H,16-17H2,1-3H3,(H,28,31)/t22-/m0/s1. The van der Waals surface area contributed by atoms with Crippen molar-refractivity contribution in [2.45, 2.75) is 19.0 Å². The minimum absolute atomic E-state index is 0.0981. The lowest BCUT2D eigenvalue weighted by Gasteiger charge is -2.22. The Morgan fingerprint density at radius 3 is 2.19 bits per heavy atom. The molecular formula is C27H27N3O6. The lowest BCUT2D eigenvalue weighted by molar-refractivity contribution is -0.124. The number of nitrogens with one attached hydrogen (secondary N) is 1. The molecule has 1 fully saturated rings. The number of nitrogens with zero attached hydrogens (tertiary/aromatic N) is 2. The van der Waals surface area contributed by atoms with Crippen LogP contribution in [0.4, 0.5) is 16.2 Å². The number of urea groups is 1. The van der Waals surface area contributed by atoms with Crippen molar-refractivity contribution in [3.63, 3.8) is 0 Å². The molecule has 36 heavy (non-hydrogen) atoms. The second-order valence-corrected chi connectivity index (χ2v) is 8.11. The van der Waals surface area contributed by atoms with Gasteiger partial charge in [-0.15, -0.1) is 0 Å². The number of anilines is 2. The lowest BCUT2D eigenvalue weighted by atomic mass is 10.1. The molecule has 1 atom stereocenters. The molecule has 0 spiro atoms. The van der Waals surface area contributed by atoms with Gasteiger partial charge in [-0.2, -0.15) is 0 Å². The Balaban J connectivity index is 1.63. The summed E-state index contributed by atoms with van der Waals surface area (Å²) in [6, 6.07) is 19.3. The molecule has 4 rings (SSSR count). The van der Waals surface area contributed by atoms with Gasteiger partial charge in [0.15, 0.2) is 11.5 Å². The van der Waals surface area contributed by atoms with Crippen LogP contribution in [0.2, 0.25) is 0 Å². The lowest BCUT2D eigenvalue weighted by Crippen LogP contribution is -2.37. The Hall–Kier alpha value is -4.53. The SMILES string of the molecule is COc1ccc(N2C(=O)[C@H](CC(=O)Nc3ccccc3)N(Cc3ccc(OC)c(OC)c3)C2=O)cc1. The Bertz CT molecular complexity index is 1250. The normalized spacial score (nSPS) is 15.1. The van der Waals surface area contributed by atoms with Gasteiger partial charge in [-0.1, -0.05) is 24.3 Å². The van der Waals surface area contributed by atoms with Crippen molar-refractivity contribution in [2.24, 2.45) is 0 Å². The summed E-state index contributed by atoms with van der Waals surface area (Å²) >= 11 is 0. The molecule has 9 nitrogen and oxygen atoms in total. The largest absolute Gasteiger partial charge is 0.497 e. The highest BCUT2D eigenvalue weighted by Gasteiger charge is 2.46. The summed E-state index contributed by atoms with van der Waals surface area (Å²) in [6.07, 6.45) is -0.195. The van der Waals surface area contributed by atoms with Crippen LogP contribution < -0.4 is 24.4 Å². The fourth-order valence-electron chi connectivity index (χ4n) is 4.07. The van der Waals surface area contributed by atoms with Gasteiger partial charge in [0.25, 0.3) is 5.91 Å². The average molecular weight is 490 g/mol. The van der Waals surface area contributed by atoms with Gasteiger partial charge in [-0.05, 0) is 54.1 Å². The van der Waals surface area contributed by atoms with E-state index in [-0.39, 0.29) is 18.9 Å². The van der Waals surface area contributed by atoms with Crippen molar-refractivity contribution in [3.8, 4) is 17.2 Å².